The van der Waals surface area contributed by atoms with Crippen molar-refractivity contribution in [1.82, 2.24) is 4.31 Å². The molecular weight excluding hydrogens is 258 g/mol. The second-order valence-corrected chi connectivity index (χ2v) is 6.23. The zero-order valence-electron chi connectivity index (χ0n) is 10.8. The lowest BCUT2D eigenvalue weighted by Crippen LogP contribution is -2.36. The van der Waals surface area contributed by atoms with Gasteiger partial charge in [0.25, 0.3) is 0 Å². The molecule has 18 heavy (non-hydrogen) atoms. The first-order chi connectivity index (χ1) is 8.44. The van der Waals surface area contributed by atoms with Crippen LogP contribution in [0.2, 0.25) is 0 Å². The van der Waals surface area contributed by atoms with Gasteiger partial charge in [-0.25, -0.2) is 8.42 Å². The van der Waals surface area contributed by atoms with Crippen LogP contribution in [0.3, 0.4) is 0 Å². The molecule has 0 saturated heterocycles. The maximum Gasteiger partial charge on any atom is 0.304 e. The largest absolute Gasteiger partial charge is 0.481 e. The number of sulfonamides is 1. The maximum absolute atomic E-state index is 11.8. The summed E-state index contributed by atoms with van der Waals surface area (Å²) in [4.78, 5) is 10.4. The molecule has 2 N–H and O–H groups in total. The Morgan fingerprint density at radius 2 is 1.83 bits per heavy atom. The standard InChI is InChI=1S/C11H23NO5S/c1-2-3-4-5-7-12(8-9-13)18(16,17)10-6-11(14)15/h13H,2-10H2,1H3,(H,14,15). The smallest absolute Gasteiger partial charge is 0.304 e. The summed E-state index contributed by atoms with van der Waals surface area (Å²) in [5.41, 5.74) is 0. The third-order valence-corrected chi connectivity index (χ3v) is 4.45. The van der Waals surface area contributed by atoms with Crippen molar-refractivity contribution in [2.45, 2.75) is 39.0 Å². The predicted octanol–water partition coefficient (Wildman–Crippen LogP) is 0.665. The van der Waals surface area contributed by atoms with Gasteiger partial charge in [0.05, 0.1) is 18.8 Å². The van der Waals surface area contributed by atoms with Gasteiger partial charge in [-0.05, 0) is 6.42 Å². The Morgan fingerprint density at radius 1 is 1.17 bits per heavy atom. The molecule has 0 unspecified atom stereocenters. The lowest BCUT2D eigenvalue weighted by atomic mass is 10.2. The zero-order valence-corrected chi connectivity index (χ0v) is 11.7. The third kappa shape index (κ3) is 7.62. The SMILES string of the molecule is CCCCCCN(CCO)S(=O)(=O)CCC(=O)O. The summed E-state index contributed by atoms with van der Waals surface area (Å²) in [6.07, 6.45) is 3.38. The highest BCUT2D eigenvalue weighted by Gasteiger charge is 2.21. The molecule has 0 aromatic carbocycles. The fourth-order valence-electron chi connectivity index (χ4n) is 1.56. The zero-order chi connectivity index (χ0) is 14.0. The molecule has 0 radical (unpaired) electrons. The first-order valence-corrected chi connectivity index (χ1v) is 7.85. The number of hydrogen-bond acceptors (Lipinski definition) is 4. The Labute approximate surface area is 109 Å². The molecule has 0 spiro atoms. The minimum atomic E-state index is -3.57. The van der Waals surface area contributed by atoms with Crippen LogP contribution in [0.4, 0.5) is 0 Å². The first kappa shape index (κ1) is 17.3. The molecule has 0 aliphatic carbocycles. The summed E-state index contributed by atoms with van der Waals surface area (Å²) in [6, 6.07) is 0. The molecule has 0 aromatic rings. The quantitative estimate of drug-likeness (QED) is 0.543. The van der Waals surface area contributed by atoms with E-state index < -0.39 is 28.2 Å². The molecule has 0 aliphatic heterocycles. The van der Waals surface area contributed by atoms with Crippen LogP contribution in [0.25, 0.3) is 0 Å². The third-order valence-electron chi connectivity index (χ3n) is 2.58. The number of nitrogens with zero attached hydrogens (tertiary/aromatic N) is 1. The molecule has 0 aromatic heterocycles. The van der Waals surface area contributed by atoms with Gasteiger partial charge in [-0.2, -0.15) is 4.31 Å². The lowest BCUT2D eigenvalue weighted by molar-refractivity contribution is -0.136. The Morgan fingerprint density at radius 3 is 2.33 bits per heavy atom. The Kier molecular flexibility index (Phi) is 8.95. The fraction of sp³-hybridized carbons (Fsp3) is 0.909. The molecule has 108 valence electrons. The van der Waals surface area contributed by atoms with E-state index in [2.05, 4.69) is 6.92 Å². The van der Waals surface area contributed by atoms with Crippen LogP contribution in [-0.2, 0) is 14.8 Å². The monoisotopic (exact) mass is 281 g/mol. The Bertz CT molecular complexity index is 328. The van der Waals surface area contributed by atoms with Crippen LogP contribution in [0.15, 0.2) is 0 Å². The van der Waals surface area contributed by atoms with Gasteiger partial charge in [-0.3, -0.25) is 4.79 Å². The average Bonchev–Trinajstić information content (AvgIpc) is 2.30. The summed E-state index contributed by atoms with van der Waals surface area (Å²) in [5.74, 6) is -1.54. The van der Waals surface area contributed by atoms with Crippen molar-refractivity contribution in [3.63, 3.8) is 0 Å². The molecule has 0 saturated carbocycles. The molecule has 6 nitrogen and oxygen atoms in total. The number of rotatable bonds is 11. The number of carbonyl (C=O) groups is 1. The van der Waals surface area contributed by atoms with Gasteiger partial charge < -0.3 is 10.2 Å². The minimum absolute atomic E-state index is 0.0358. The van der Waals surface area contributed by atoms with Crippen molar-refractivity contribution < 1.29 is 23.4 Å². The van der Waals surface area contributed by atoms with E-state index in [1.807, 2.05) is 0 Å². The van der Waals surface area contributed by atoms with E-state index in [4.69, 9.17) is 10.2 Å². The summed E-state index contributed by atoms with van der Waals surface area (Å²) in [5, 5.41) is 17.4. The number of unbranched alkanes of at least 4 members (excludes halogenated alkanes) is 3. The number of aliphatic hydroxyl groups excluding tert-OH is 1. The van der Waals surface area contributed by atoms with Crippen LogP contribution in [-0.4, -0.2) is 54.4 Å². The second kappa shape index (κ2) is 9.29. The maximum atomic E-state index is 11.8. The van der Waals surface area contributed by atoms with Crippen LogP contribution in [0.1, 0.15) is 39.0 Å². The van der Waals surface area contributed by atoms with Crippen LogP contribution in [0.5, 0.6) is 0 Å². The molecule has 0 fully saturated rings. The van der Waals surface area contributed by atoms with E-state index in [1.165, 1.54) is 4.31 Å². The van der Waals surface area contributed by atoms with Crippen molar-refractivity contribution in [3.8, 4) is 0 Å². The van der Waals surface area contributed by atoms with Crippen molar-refractivity contribution in [2.75, 3.05) is 25.4 Å². The van der Waals surface area contributed by atoms with Crippen LogP contribution >= 0.6 is 0 Å². The molecule has 0 amide bonds. The highest BCUT2D eigenvalue weighted by molar-refractivity contribution is 7.89. The predicted molar refractivity (Wildman–Crippen MR) is 68.8 cm³/mol. The topological polar surface area (TPSA) is 94.9 Å². The van der Waals surface area contributed by atoms with E-state index >= 15 is 0 Å². The van der Waals surface area contributed by atoms with Gasteiger partial charge in [0.15, 0.2) is 0 Å². The summed E-state index contributed by atoms with van der Waals surface area (Å²) < 4.78 is 24.9. The lowest BCUT2D eigenvalue weighted by Gasteiger charge is -2.20. The van der Waals surface area contributed by atoms with Gasteiger partial charge in [0.2, 0.25) is 10.0 Å². The fourth-order valence-corrected chi connectivity index (χ4v) is 3.02. The van der Waals surface area contributed by atoms with Crippen LogP contribution < -0.4 is 0 Å². The molecule has 0 heterocycles. The van der Waals surface area contributed by atoms with E-state index in [0.717, 1.165) is 25.7 Å². The number of aliphatic carboxylic acids is 1. The van der Waals surface area contributed by atoms with Crippen molar-refractivity contribution in [3.05, 3.63) is 0 Å². The number of hydrogen-bond donors (Lipinski definition) is 2. The average molecular weight is 281 g/mol. The van der Waals surface area contributed by atoms with Gasteiger partial charge in [-0.15, -0.1) is 0 Å². The molecule has 0 rings (SSSR count). The van der Waals surface area contributed by atoms with Gasteiger partial charge in [0.1, 0.15) is 0 Å². The molecular formula is C11H23NO5S. The van der Waals surface area contributed by atoms with Gasteiger partial charge in [0, 0.05) is 13.1 Å². The Hall–Kier alpha value is -0.660. The normalized spacial score (nSPS) is 11.9. The molecule has 0 atom stereocenters. The second-order valence-electron chi connectivity index (χ2n) is 4.14. The van der Waals surface area contributed by atoms with Crippen molar-refractivity contribution >= 4 is 16.0 Å². The van der Waals surface area contributed by atoms with Crippen molar-refractivity contribution in [1.29, 1.82) is 0 Å². The number of carboxylic acid groups (broad SMARTS) is 1. The van der Waals surface area contributed by atoms with E-state index in [1.54, 1.807) is 0 Å². The Balaban J connectivity index is 4.32. The van der Waals surface area contributed by atoms with Crippen LogP contribution in [0, 0.1) is 0 Å². The van der Waals surface area contributed by atoms with Gasteiger partial charge in [-0.1, -0.05) is 26.2 Å². The van der Waals surface area contributed by atoms with Crippen molar-refractivity contribution in [2.24, 2.45) is 0 Å². The van der Waals surface area contributed by atoms with E-state index in [-0.39, 0.29) is 13.2 Å². The minimum Gasteiger partial charge on any atom is -0.481 e. The summed E-state index contributed by atoms with van der Waals surface area (Å²) >= 11 is 0. The number of carboxylic acids is 1. The number of aliphatic hydroxyl groups is 1. The van der Waals surface area contributed by atoms with Gasteiger partial charge >= 0.3 is 5.97 Å². The van der Waals surface area contributed by atoms with E-state index in [0.29, 0.717) is 6.54 Å². The summed E-state index contributed by atoms with van der Waals surface area (Å²) in [6.45, 7) is 2.20. The van der Waals surface area contributed by atoms with E-state index in [9.17, 15) is 13.2 Å². The molecule has 0 aliphatic rings. The molecule has 0 bridgehead atoms. The highest BCUT2D eigenvalue weighted by Crippen LogP contribution is 2.07. The summed E-state index contributed by atoms with van der Waals surface area (Å²) in [7, 11) is -3.57. The first-order valence-electron chi connectivity index (χ1n) is 6.24. The highest BCUT2D eigenvalue weighted by atomic mass is 32.2. The molecule has 7 heteroatoms.